The zero-order valence-electron chi connectivity index (χ0n) is 7.81. The van der Waals surface area contributed by atoms with Crippen molar-refractivity contribution in [3.8, 4) is 0 Å². The molecule has 1 aromatic rings. The van der Waals surface area contributed by atoms with Gasteiger partial charge in [-0.05, 0) is 24.1 Å². The van der Waals surface area contributed by atoms with Crippen molar-refractivity contribution in [3.05, 3.63) is 34.9 Å². The molecule has 1 saturated heterocycles. The molecule has 0 saturated carbocycles. The number of hydrogen-bond donors (Lipinski definition) is 1. The van der Waals surface area contributed by atoms with E-state index in [2.05, 4.69) is 24.4 Å². The van der Waals surface area contributed by atoms with Gasteiger partial charge in [-0.15, -0.1) is 0 Å². The van der Waals surface area contributed by atoms with Gasteiger partial charge in [-0.25, -0.2) is 0 Å². The summed E-state index contributed by atoms with van der Waals surface area (Å²) in [6.07, 6.45) is 1.20. The number of hydrogen-bond acceptors (Lipinski definition) is 1. The number of nitrogens with one attached hydrogen (secondary N) is 1. The first-order valence-electron chi connectivity index (χ1n) is 4.74. The molecule has 1 aliphatic heterocycles. The maximum atomic E-state index is 5.85. The molecule has 1 aliphatic rings. The summed E-state index contributed by atoms with van der Waals surface area (Å²) in [5.74, 6) is 0. The highest BCUT2D eigenvalue weighted by Gasteiger charge is 2.36. The predicted molar refractivity (Wildman–Crippen MR) is 56.3 cm³/mol. The predicted octanol–water partition coefficient (Wildman–Crippen LogP) is 2.59. The van der Waals surface area contributed by atoms with E-state index >= 15 is 0 Å². The first kappa shape index (κ1) is 9.04. The molecule has 0 atom stereocenters. The molecule has 0 bridgehead atoms. The van der Waals surface area contributed by atoms with Gasteiger partial charge in [0.1, 0.15) is 0 Å². The summed E-state index contributed by atoms with van der Waals surface area (Å²) < 4.78 is 0. The van der Waals surface area contributed by atoms with Crippen molar-refractivity contribution in [1.29, 1.82) is 0 Å². The average Bonchev–Trinajstić information content (AvgIpc) is 2.07. The molecule has 0 radical (unpaired) electrons. The Kier molecular flexibility index (Phi) is 2.31. The van der Waals surface area contributed by atoms with Gasteiger partial charge < -0.3 is 5.32 Å². The Morgan fingerprint density at radius 2 is 1.92 bits per heavy atom. The molecule has 1 fully saturated rings. The van der Waals surface area contributed by atoms with Crippen LogP contribution in [0, 0.1) is 0 Å². The standard InChI is InChI=1S/C11H14ClN/c1-2-11(7-13-8-11)9-3-5-10(12)6-4-9/h3-6,13H,2,7-8H2,1H3. The minimum atomic E-state index is 0.380. The first-order valence-corrected chi connectivity index (χ1v) is 5.11. The maximum absolute atomic E-state index is 5.85. The zero-order valence-corrected chi connectivity index (χ0v) is 8.56. The van der Waals surface area contributed by atoms with E-state index < -0.39 is 0 Å². The van der Waals surface area contributed by atoms with E-state index in [1.165, 1.54) is 12.0 Å². The lowest BCUT2D eigenvalue weighted by molar-refractivity contribution is 0.267. The summed E-state index contributed by atoms with van der Waals surface area (Å²) in [6, 6.07) is 8.25. The molecule has 70 valence electrons. The lowest BCUT2D eigenvalue weighted by atomic mass is 9.73. The van der Waals surface area contributed by atoms with Gasteiger partial charge >= 0.3 is 0 Å². The molecule has 2 heteroatoms. The van der Waals surface area contributed by atoms with Gasteiger partial charge in [0.2, 0.25) is 0 Å². The van der Waals surface area contributed by atoms with Crippen molar-refractivity contribution in [2.75, 3.05) is 13.1 Å². The summed E-state index contributed by atoms with van der Waals surface area (Å²) in [5.41, 5.74) is 1.79. The van der Waals surface area contributed by atoms with E-state index in [1.807, 2.05) is 12.1 Å². The van der Waals surface area contributed by atoms with Crippen molar-refractivity contribution >= 4 is 11.6 Å². The van der Waals surface area contributed by atoms with Crippen LogP contribution in [0.3, 0.4) is 0 Å². The monoisotopic (exact) mass is 195 g/mol. The van der Waals surface area contributed by atoms with Gasteiger partial charge in [-0.1, -0.05) is 30.7 Å². The molecule has 0 aliphatic carbocycles. The fourth-order valence-electron chi connectivity index (χ4n) is 1.89. The first-order chi connectivity index (χ1) is 6.27. The fourth-order valence-corrected chi connectivity index (χ4v) is 2.01. The van der Waals surface area contributed by atoms with Crippen LogP contribution in [-0.2, 0) is 5.41 Å². The Morgan fingerprint density at radius 1 is 1.31 bits per heavy atom. The molecule has 0 unspecified atom stereocenters. The number of halogens is 1. The summed E-state index contributed by atoms with van der Waals surface area (Å²) in [6.45, 7) is 4.45. The second kappa shape index (κ2) is 3.32. The van der Waals surface area contributed by atoms with E-state index in [0.717, 1.165) is 18.1 Å². The number of benzene rings is 1. The Morgan fingerprint density at radius 3 is 2.31 bits per heavy atom. The van der Waals surface area contributed by atoms with Crippen molar-refractivity contribution in [2.45, 2.75) is 18.8 Å². The lowest BCUT2D eigenvalue weighted by Gasteiger charge is -2.42. The average molecular weight is 196 g/mol. The van der Waals surface area contributed by atoms with Crippen LogP contribution >= 0.6 is 11.6 Å². The molecular weight excluding hydrogens is 182 g/mol. The Balaban J connectivity index is 2.28. The lowest BCUT2D eigenvalue weighted by Crippen LogP contribution is -2.56. The normalized spacial score (nSPS) is 19.5. The van der Waals surface area contributed by atoms with Crippen molar-refractivity contribution in [2.24, 2.45) is 0 Å². The third-order valence-corrected chi connectivity index (χ3v) is 3.31. The second-order valence-corrected chi connectivity index (χ2v) is 4.18. The Labute approximate surface area is 84.1 Å². The third-order valence-electron chi connectivity index (χ3n) is 3.06. The molecule has 0 aromatic heterocycles. The largest absolute Gasteiger partial charge is 0.315 e. The summed E-state index contributed by atoms with van der Waals surface area (Å²) >= 11 is 5.85. The topological polar surface area (TPSA) is 12.0 Å². The molecule has 1 N–H and O–H groups in total. The number of rotatable bonds is 2. The van der Waals surface area contributed by atoms with Crippen LogP contribution in [0.4, 0.5) is 0 Å². The molecule has 0 spiro atoms. The van der Waals surface area contributed by atoms with Crippen LogP contribution in [0.5, 0.6) is 0 Å². The van der Waals surface area contributed by atoms with Crippen LogP contribution in [-0.4, -0.2) is 13.1 Å². The van der Waals surface area contributed by atoms with Crippen LogP contribution < -0.4 is 5.32 Å². The van der Waals surface area contributed by atoms with Crippen LogP contribution in [0.1, 0.15) is 18.9 Å². The van der Waals surface area contributed by atoms with Crippen LogP contribution in [0.25, 0.3) is 0 Å². The highest BCUT2D eigenvalue weighted by atomic mass is 35.5. The fraction of sp³-hybridized carbons (Fsp3) is 0.455. The highest BCUT2D eigenvalue weighted by molar-refractivity contribution is 6.30. The smallest absolute Gasteiger partial charge is 0.0406 e. The van der Waals surface area contributed by atoms with Gasteiger partial charge in [-0.2, -0.15) is 0 Å². The second-order valence-electron chi connectivity index (χ2n) is 3.74. The third kappa shape index (κ3) is 1.47. The van der Waals surface area contributed by atoms with Gasteiger partial charge in [0.05, 0.1) is 0 Å². The summed E-state index contributed by atoms with van der Waals surface area (Å²) in [4.78, 5) is 0. The van der Waals surface area contributed by atoms with Crippen LogP contribution in [0.15, 0.2) is 24.3 Å². The molecule has 0 amide bonds. The Bertz CT molecular complexity index is 282. The van der Waals surface area contributed by atoms with E-state index in [9.17, 15) is 0 Å². The summed E-state index contributed by atoms with van der Waals surface area (Å²) in [7, 11) is 0. The van der Waals surface area contributed by atoms with Gasteiger partial charge in [0, 0.05) is 23.5 Å². The maximum Gasteiger partial charge on any atom is 0.0406 e. The van der Waals surface area contributed by atoms with Gasteiger partial charge in [0.25, 0.3) is 0 Å². The minimum absolute atomic E-state index is 0.380. The molecule has 1 aromatic carbocycles. The van der Waals surface area contributed by atoms with E-state index in [-0.39, 0.29) is 0 Å². The molecular formula is C11H14ClN. The summed E-state index contributed by atoms with van der Waals surface area (Å²) in [5, 5.41) is 4.15. The molecule has 13 heavy (non-hydrogen) atoms. The van der Waals surface area contributed by atoms with Gasteiger partial charge in [0.15, 0.2) is 0 Å². The highest BCUT2D eigenvalue weighted by Crippen LogP contribution is 2.32. The zero-order chi connectivity index (χ0) is 9.31. The van der Waals surface area contributed by atoms with Crippen molar-refractivity contribution in [3.63, 3.8) is 0 Å². The molecule has 1 nitrogen and oxygen atoms in total. The van der Waals surface area contributed by atoms with Gasteiger partial charge in [-0.3, -0.25) is 0 Å². The van der Waals surface area contributed by atoms with E-state index in [4.69, 9.17) is 11.6 Å². The SMILES string of the molecule is CCC1(c2ccc(Cl)cc2)CNC1. The molecule has 2 rings (SSSR count). The quantitative estimate of drug-likeness (QED) is 0.765. The van der Waals surface area contributed by atoms with Crippen molar-refractivity contribution < 1.29 is 0 Å². The van der Waals surface area contributed by atoms with E-state index in [0.29, 0.717) is 5.41 Å². The minimum Gasteiger partial charge on any atom is -0.315 e. The van der Waals surface area contributed by atoms with Crippen LogP contribution in [0.2, 0.25) is 5.02 Å². The van der Waals surface area contributed by atoms with E-state index in [1.54, 1.807) is 0 Å². The Hall–Kier alpha value is -0.530. The van der Waals surface area contributed by atoms with Crippen molar-refractivity contribution in [1.82, 2.24) is 5.32 Å². The molecule has 1 heterocycles.